The lowest BCUT2D eigenvalue weighted by Gasteiger charge is -2.30. The third kappa shape index (κ3) is 7.65. The first-order valence-corrected chi connectivity index (χ1v) is 17.3. The molecular formula is C34H52N8O5. The number of amides is 4. The van der Waals surface area contributed by atoms with Gasteiger partial charge in [-0.25, -0.2) is 14.8 Å². The van der Waals surface area contributed by atoms with Gasteiger partial charge in [0.1, 0.15) is 23.7 Å². The molecule has 2 aromatic heterocycles. The molecule has 0 bridgehead atoms. The van der Waals surface area contributed by atoms with E-state index < -0.39 is 18.2 Å². The van der Waals surface area contributed by atoms with Gasteiger partial charge in [0.15, 0.2) is 0 Å². The maximum absolute atomic E-state index is 13.5. The maximum atomic E-state index is 13.5. The van der Waals surface area contributed by atoms with Gasteiger partial charge in [-0.05, 0) is 63.2 Å². The van der Waals surface area contributed by atoms with Crippen LogP contribution >= 0.6 is 0 Å². The third-order valence-electron chi connectivity index (χ3n) is 10.2. The van der Waals surface area contributed by atoms with Crippen LogP contribution in [0.1, 0.15) is 133 Å². The van der Waals surface area contributed by atoms with E-state index >= 15 is 0 Å². The summed E-state index contributed by atoms with van der Waals surface area (Å²) in [5.41, 5.74) is 2.22. The van der Waals surface area contributed by atoms with Crippen LogP contribution in [0.15, 0.2) is 12.4 Å². The minimum absolute atomic E-state index is 0.00638. The Kier molecular flexibility index (Phi) is 10.9. The molecule has 4 atom stereocenters. The minimum Gasteiger partial charge on any atom is -0.453 e. The fourth-order valence-corrected chi connectivity index (χ4v) is 7.59. The quantitative estimate of drug-likeness (QED) is 0.295. The van der Waals surface area contributed by atoms with E-state index in [-0.39, 0.29) is 41.6 Å². The van der Waals surface area contributed by atoms with E-state index in [1.807, 2.05) is 49.9 Å². The van der Waals surface area contributed by atoms with Crippen LogP contribution < -0.4 is 10.6 Å². The topological polar surface area (TPSA) is 165 Å². The van der Waals surface area contributed by atoms with Crippen molar-refractivity contribution in [2.75, 3.05) is 20.2 Å². The number of hydrogen-bond acceptors (Lipinski definition) is 7. The molecule has 1 aliphatic carbocycles. The first-order valence-electron chi connectivity index (χ1n) is 17.3. The number of aromatic nitrogens is 4. The molecule has 2 saturated heterocycles. The molecule has 0 spiro atoms. The van der Waals surface area contributed by atoms with Crippen LogP contribution in [-0.4, -0.2) is 85.8 Å². The number of aromatic amines is 2. The van der Waals surface area contributed by atoms with Crippen molar-refractivity contribution in [1.82, 2.24) is 40.4 Å². The number of ether oxygens (including phenoxy) is 1. The second-order valence-corrected chi connectivity index (χ2v) is 14.2. The molecule has 4 N–H and O–H groups in total. The predicted molar refractivity (Wildman–Crippen MR) is 175 cm³/mol. The molecule has 2 aromatic rings. The van der Waals surface area contributed by atoms with Crippen LogP contribution in [0, 0.1) is 11.8 Å². The summed E-state index contributed by atoms with van der Waals surface area (Å²) >= 11 is 0. The van der Waals surface area contributed by atoms with Crippen molar-refractivity contribution in [1.29, 1.82) is 0 Å². The maximum Gasteiger partial charge on any atom is 0.407 e. The first-order chi connectivity index (χ1) is 22.5. The summed E-state index contributed by atoms with van der Waals surface area (Å²) in [7, 11) is 1.30. The number of alkyl carbamates (subject to hydrolysis) is 1. The van der Waals surface area contributed by atoms with Crippen LogP contribution in [0.2, 0.25) is 0 Å². The molecule has 4 heterocycles. The number of nitrogens with zero attached hydrogens (tertiary/aromatic N) is 4. The molecule has 3 fully saturated rings. The van der Waals surface area contributed by atoms with Gasteiger partial charge in [0, 0.05) is 55.6 Å². The molecule has 13 heteroatoms. The Morgan fingerprint density at radius 1 is 0.745 bits per heavy atom. The van der Waals surface area contributed by atoms with Gasteiger partial charge in [-0.3, -0.25) is 14.4 Å². The monoisotopic (exact) mass is 652 g/mol. The normalized spacial score (nSPS) is 24.4. The third-order valence-corrected chi connectivity index (χ3v) is 10.2. The number of likely N-dealkylation sites (tertiary alicyclic amines) is 2. The van der Waals surface area contributed by atoms with Crippen molar-refractivity contribution >= 4 is 23.8 Å². The molecule has 13 nitrogen and oxygen atoms in total. The Labute approximate surface area is 277 Å². The van der Waals surface area contributed by atoms with Gasteiger partial charge >= 0.3 is 6.09 Å². The van der Waals surface area contributed by atoms with Crippen LogP contribution in [0.25, 0.3) is 0 Å². The van der Waals surface area contributed by atoms with Crippen molar-refractivity contribution in [3.8, 4) is 0 Å². The first kappa shape index (κ1) is 34.4. The van der Waals surface area contributed by atoms with Gasteiger partial charge in [-0.2, -0.15) is 0 Å². The summed E-state index contributed by atoms with van der Waals surface area (Å²) in [6.07, 6.45) is 10.8. The van der Waals surface area contributed by atoms with Crippen LogP contribution in [-0.2, 0) is 19.1 Å². The van der Waals surface area contributed by atoms with E-state index in [1.54, 1.807) is 0 Å². The fraction of sp³-hybridized carbons (Fsp3) is 0.706. The molecule has 1 saturated carbocycles. The number of nitrogens with one attached hydrogen (secondary N) is 4. The minimum atomic E-state index is -0.659. The number of rotatable bonds is 10. The molecule has 47 heavy (non-hydrogen) atoms. The second-order valence-electron chi connectivity index (χ2n) is 14.2. The number of hydrogen-bond donors (Lipinski definition) is 4. The van der Waals surface area contributed by atoms with Crippen molar-refractivity contribution in [2.24, 2.45) is 11.8 Å². The summed E-state index contributed by atoms with van der Waals surface area (Å²) in [6.45, 7) is 10.5. The van der Waals surface area contributed by atoms with E-state index in [1.165, 1.54) is 14.0 Å². The summed E-state index contributed by atoms with van der Waals surface area (Å²) < 4.78 is 4.75. The summed E-state index contributed by atoms with van der Waals surface area (Å²) in [4.78, 5) is 71.0. The molecule has 4 amide bonds. The average molecular weight is 653 g/mol. The summed E-state index contributed by atoms with van der Waals surface area (Å²) in [5, 5.41) is 5.55. The van der Waals surface area contributed by atoms with Crippen molar-refractivity contribution in [3.63, 3.8) is 0 Å². The van der Waals surface area contributed by atoms with E-state index in [0.29, 0.717) is 24.9 Å². The smallest absolute Gasteiger partial charge is 0.407 e. The van der Waals surface area contributed by atoms with E-state index in [0.717, 1.165) is 74.4 Å². The van der Waals surface area contributed by atoms with Crippen molar-refractivity contribution in [3.05, 3.63) is 35.4 Å². The van der Waals surface area contributed by atoms with Gasteiger partial charge < -0.3 is 35.1 Å². The highest BCUT2D eigenvalue weighted by molar-refractivity contribution is 5.88. The number of carbonyl (C=O) groups is 4. The lowest BCUT2D eigenvalue weighted by atomic mass is 9.79. The van der Waals surface area contributed by atoms with E-state index in [9.17, 15) is 19.2 Å². The zero-order valence-electron chi connectivity index (χ0n) is 28.7. The number of H-pyrrole nitrogens is 2. The Bertz CT molecular complexity index is 1410. The number of carbonyl (C=O) groups excluding carboxylic acids is 4. The van der Waals surface area contributed by atoms with Crippen LogP contribution in [0.5, 0.6) is 0 Å². The SMILES string of the molecule is COC(=O)N[C@@H](C(=O)N1CCC[C@@H]1c1ncc([C@H]2CC[C@H](c3cnc([C@H]4CCCN4C(=O)[C@H](NC(C)=O)C(C)C)[nH]3)CC2)[nH]1)C(C)C. The largest absolute Gasteiger partial charge is 0.453 e. The van der Waals surface area contributed by atoms with Gasteiger partial charge in [0.25, 0.3) is 0 Å². The van der Waals surface area contributed by atoms with Crippen molar-refractivity contribution in [2.45, 2.75) is 122 Å². The Balaban J connectivity index is 1.19. The number of imidazole rings is 2. The standard InChI is InChI=1S/C34H52N8O5/c1-19(2)28(37-21(5)43)32(44)41-15-7-9-26(41)30-35-17-24(38-30)22-11-13-23(14-12-22)25-18-36-31(39-25)27-10-8-16-42(27)33(45)29(20(3)4)40-34(46)47-6/h17-20,22-23,26-29H,7-16H2,1-6H3,(H,35,38)(H,36,39)(H,37,43)(H,40,46)/t22-,23-,26-,27-,28-,29-/m1/s1. The molecule has 0 radical (unpaired) electrons. The molecule has 0 unspecified atom stereocenters. The Hall–Kier alpha value is -3.90. The van der Waals surface area contributed by atoms with Gasteiger partial charge in [0.05, 0.1) is 19.2 Å². The zero-order valence-corrected chi connectivity index (χ0v) is 28.7. The van der Waals surface area contributed by atoms with Crippen LogP contribution in [0.4, 0.5) is 4.79 Å². The summed E-state index contributed by atoms with van der Waals surface area (Å²) in [5.74, 6) is 1.91. The Morgan fingerprint density at radius 3 is 1.55 bits per heavy atom. The average Bonchev–Trinajstić information content (AvgIpc) is 3.87. The zero-order chi connectivity index (χ0) is 33.8. The lowest BCUT2D eigenvalue weighted by Crippen LogP contribution is -2.51. The van der Waals surface area contributed by atoms with E-state index in [4.69, 9.17) is 14.7 Å². The summed E-state index contributed by atoms with van der Waals surface area (Å²) in [6, 6.07) is -1.46. The van der Waals surface area contributed by atoms with Crippen LogP contribution in [0.3, 0.4) is 0 Å². The van der Waals surface area contributed by atoms with Gasteiger partial charge in [-0.15, -0.1) is 0 Å². The molecule has 0 aromatic carbocycles. The molecule has 5 rings (SSSR count). The molecule has 2 aliphatic heterocycles. The highest BCUT2D eigenvalue weighted by Crippen LogP contribution is 2.41. The molecule has 258 valence electrons. The predicted octanol–water partition coefficient (Wildman–Crippen LogP) is 4.44. The number of methoxy groups -OCH3 is 1. The van der Waals surface area contributed by atoms with Gasteiger partial charge in [0.2, 0.25) is 17.7 Å². The highest BCUT2D eigenvalue weighted by atomic mass is 16.5. The lowest BCUT2D eigenvalue weighted by molar-refractivity contribution is -0.138. The van der Waals surface area contributed by atoms with E-state index in [2.05, 4.69) is 20.6 Å². The molecular weight excluding hydrogens is 600 g/mol. The van der Waals surface area contributed by atoms with Crippen molar-refractivity contribution < 1.29 is 23.9 Å². The van der Waals surface area contributed by atoms with Gasteiger partial charge in [-0.1, -0.05) is 27.7 Å². The molecule has 3 aliphatic rings. The Morgan fingerprint density at radius 2 is 1.17 bits per heavy atom. The second kappa shape index (κ2) is 14.9. The highest BCUT2D eigenvalue weighted by Gasteiger charge is 2.39. The fourth-order valence-electron chi connectivity index (χ4n) is 7.59.